The Hall–Kier alpha value is -2.17. The molecule has 0 bridgehead atoms. The number of aromatic nitrogens is 3. The lowest BCUT2D eigenvalue weighted by atomic mass is 10.1. The van der Waals surface area contributed by atoms with Gasteiger partial charge in [0.2, 0.25) is 5.88 Å². The number of aromatic hydroxyl groups is 1. The van der Waals surface area contributed by atoms with Crippen molar-refractivity contribution in [2.75, 3.05) is 0 Å². The number of hydrogen-bond donors (Lipinski definition) is 2. The van der Waals surface area contributed by atoms with Crippen molar-refractivity contribution in [3.05, 3.63) is 40.3 Å². The summed E-state index contributed by atoms with van der Waals surface area (Å²) < 4.78 is 0. The Labute approximate surface area is 98.2 Å². The standard InChI is InChI=1S/C12H13N3O2/c1-7(2)9-11(16)14-10(15-12(9)17)8-5-3-4-6-13-8/h3-7H,1-2H3,(H2,14,15,16,17). The quantitative estimate of drug-likeness (QED) is 0.823. The molecular weight excluding hydrogens is 218 g/mol. The summed E-state index contributed by atoms with van der Waals surface area (Å²) >= 11 is 0. The molecule has 0 aliphatic carbocycles. The third-order valence-corrected chi connectivity index (χ3v) is 2.42. The van der Waals surface area contributed by atoms with Crippen molar-refractivity contribution in [3.8, 4) is 17.4 Å². The van der Waals surface area contributed by atoms with Gasteiger partial charge in [0.1, 0.15) is 5.69 Å². The second-order valence-electron chi connectivity index (χ2n) is 4.02. The maximum absolute atomic E-state index is 11.8. The summed E-state index contributed by atoms with van der Waals surface area (Å²) in [6.45, 7) is 3.65. The highest BCUT2D eigenvalue weighted by molar-refractivity contribution is 5.49. The Morgan fingerprint density at radius 3 is 2.65 bits per heavy atom. The predicted molar refractivity (Wildman–Crippen MR) is 63.8 cm³/mol. The molecular formula is C12H13N3O2. The van der Waals surface area contributed by atoms with E-state index in [9.17, 15) is 9.90 Å². The van der Waals surface area contributed by atoms with Crippen molar-refractivity contribution < 1.29 is 5.11 Å². The van der Waals surface area contributed by atoms with E-state index in [1.807, 2.05) is 13.8 Å². The Balaban J connectivity index is 2.58. The molecule has 0 fully saturated rings. The third-order valence-electron chi connectivity index (χ3n) is 2.42. The monoisotopic (exact) mass is 231 g/mol. The molecule has 0 spiro atoms. The third kappa shape index (κ3) is 2.18. The summed E-state index contributed by atoms with van der Waals surface area (Å²) in [4.78, 5) is 22.4. The summed E-state index contributed by atoms with van der Waals surface area (Å²) in [5, 5.41) is 9.75. The van der Waals surface area contributed by atoms with Gasteiger partial charge in [0.05, 0.1) is 5.56 Å². The fourth-order valence-corrected chi connectivity index (χ4v) is 1.62. The maximum Gasteiger partial charge on any atom is 0.258 e. The van der Waals surface area contributed by atoms with E-state index in [0.29, 0.717) is 11.3 Å². The van der Waals surface area contributed by atoms with Gasteiger partial charge in [0.15, 0.2) is 5.82 Å². The van der Waals surface area contributed by atoms with Gasteiger partial charge in [-0.1, -0.05) is 19.9 Å². The van der Waals surface area contributed by atoms with Gasteiger partial charge in [-0.05, 0) is 18.1 Å². The Kier molecular flexibility index (Phi) is 2.91. The number of hydrogen-bond acceptors (Lipinski definition) is 4. The molecule has 17 heavy (non-hydrogen) atoms. The minimum atomic E-state index is -0.326. The molecule has 88 valence electrons. The lowest BCUT2D eigenvalue weighted by molar-refractivity contribution is 0.440. The predicted octanol–water partition coefficient (Wildman–Crippen LogP) is 1.66. The van der Waals surface area contributed by atoms with E-state index in [1.54, 1.807) is 24.4 Å². The number of aromatic amines is 1. The van der Waals surface area contributed by atoms with Crippen LogP contribution in [0.1, 0.15) is 25.3 Å². The number of nitrogens with one attached hydrogen (secondary N) is 1. The maximum atomic E-state index is 11.8. The van der Waals surface area contributed by atoms with Gasteiger partial charge < -0.3 is 10.1 Å². The normalized spacial score (nSPS) is 10.8. The van der Waals surface area contributed by atoms with Crippen LogP contribution in [0, 0.1) is 0 Å². The molecule has 5 heteroatoms. The molecule has 0 amide bonds. The number of H-pyrrole nitrogens is 1. The molecule has 0 aliphatic heterocycles. The Morgan fingerprint density at radius 1 is 1.35 bits per heavy atom. The highest BCUT2D eigenvalue weighted by Crippen LogP contribution is 2.21. The largest absolute Gasteiger partial charge is 0.493 e. The van der Waals surface area contributed by atoms with Crippen molar-refractivity contribution in [1.29, 1.82) is 0 Å². The highest BCUT2D eigenvalue weighted by atomic mass is 16.3. The number of nitrogens with zero attached hydrogens (tertiary/aromatic N) is 2. The molecule has 0 radical (unpaired) electrons. The van der Waals surface area contributed by atoms with Crippen LogP contribution >= 0.6 is 0 Å². The van der Waals surface area contributed by atoms with E-state index < -0.39 is 0 Å². The molecule has 2 rings (SSSR count). The second kappa shape index (κ2) is 4.37. The molecule has 0 unspecified atom stereocenters. The second-order valence-corrected chi connectivity index (χ2v) is 4.02. The van der Waals surface area contributed by atoms with Crippen LogP contribution < -0.4 is 5.56 Å². The summed E-state index contributed by atoms with van der Waals surface area (Å²) in [6.07, 6.45) is 1.60. The topological polar surface area (TPSA) is 78.9 Å². The van der Waals surface area contributed by atoms with E-state index >= 15 is 0 Å². The van der Waals surface area contributed by atoms with Gasteiger partial charge >= 0.3 is 0 Å². The summed E-state index contributed by atoms with van der Waals surface area (Å²) in [5.74, 6) is -0.0362. The van der Waals surface area contributed by atoms with Crippen LogP contribution in [0.15, 0.2) is 29.2 Å². The molecule has 5 nitrogen and oxygen atoms in total. The van der Waals surface area contributed by atoms with Crippen LogP contribution in [-0.4, -0.2) is 20.1 Å². The minimum Gasteiger partial charge on any atom is -0.493 e. The van der Waals surface area contributed by atoms with Crippen molar-refractivity contribution in [2.45, 2.75) is 19.8 Å². The Bertz CT molecular complexity index is 576. The van der Waals surface area contributed by atoms with Crippen molar-refractivity contribution >= 4 is 0 Å². The van der Waals surface area contributed by atoms with Gasteiger partial charge in [-0.15, -0.1) is 0 Å². The molecule has 0 saturated carbocycles. The molecule has 0 aliphatic rings. The summed E-state index contributed by atoms with van der Waals surface area (Å²) in [5.41, 5.74) is 0.494. The van der Waals surface area contributed by atoms with E-state index in [2.05, 4.69) is 15.0 Å². The smallest absolute Gasteiger partial charge is 0.258 e. The van der Waals surface area contributed by atoms with E-state index in [4.69, 9.17) is 0 Å². The fraction of sp³-hybridized carbons (Fsp3) is 0.250. The molecule has 2 heterocycles. The molecule has 2 aromatic heterocycles. The van der Waals surface area contributed by atoms with Gasteiger partial charge in [-0.25, -0.2) is 0 Å². The van der Waals surface area contributed by atoms with Gasteiger partial charge in [0, 0.05) is 6.20 Å². The lowest BCUT2D eigenvalue weighted by Crippen LogP contribution is -2.16. The molecule has 2 aromatic rings. The summed E-state index contributed by atoms with van der Waals surface area (Å²) in [6, 6.07) is 5.27. The zero-order chi connectivity index (χ0) is 12.4. The minimum absolute atomic E-state index is 0.0796. The van der Waals surface area contributed by atoms with Crippen molar-refractivity contribution in [1.82, 2.24) is 15.0 Å². The van der Waals surface area contributed by atoms with Crippen LogP contribution in [0.3, 0.4) is 0 Å². The molecule has 0 saturated heterocycles. The van der Waals surface area contributed by atoms with Gasteiger partial charge in [0.25, 0.3) is 5.56 Å². The van der Waals surface area contributed by atoms with E-state index in [0.717, 1.165) is 0 Å². The van der Waals surface area contributed by atoms with Gasteiger partial charge in [-0.2, -0.15) is 4.98 Å². The fourth-order valence-electron chi connectivity index (χ4n) is 1.62. The summed E-state index contributed by atoms with van der Waals surface area (Å²) in [7, 11) is 0. The first-order valence-electron chi connectivity index (χ1n) is 5.34. The number of rotatable bonds is 2. The van der Waals surface area contributed by atoms with Crippen LogP contribution in [0.25, 0.3) is 11.5 Å². The zero-order valence-corrected chi connectivity index (χ0v) is 9.64. The van der Waals surface area contributed by atoms with Crippen molar-refractivity contribution in [3.63, 3.8) is 0 Å². The van der Waals surface area contributed by atoms with Crippen molar-refractivity contribution in [2.24, 2.45) is 0 Å². The number of pyridine rings is 1. The first kappa shape index (κ1) is 11.3. The van der Waals surface area contributed by atoms with Crippen LogP contribution in [-0.2, 0) is 0 Å². The molecule has 0 aromatic carbocycles. The van der Waals surface area contributed by atoms with E-state index in [-0.39, 0.29) is 23.2 Å². The lowest BCUT2D eigenvalue weighted by Gasteiger charge is -2.07. The average Bonchev–Trinajstić information content (AvgIpc) is 2.28. The highest BCUT2D eigenvalue weighted by Gasteiger charge is 2.14. The SMILES string of the molecule is CC(C)c1c(O)nc(-c2ccccn2)[nH]c1=O. The molecule has 2 N–H and O–H groups in total. The average molecular weight is 231 g/mol. The molecule has 0 atom stereocenters. The first-order chi connectivity index (χ1) is 8.09. The zero-order valence-electron chi connectivity index (χ0n) is 9.64. The van der Waals surface area contributed by atoms with Crippen LogP contribution in [0.2, 0.25) is 0 Å². The first-order valence-corrected chi connectivity index (χ1v) is 5.34. The van der Waals surface area contributed by atoms with Gasteiger partial charge in [-0.3, -0.25) is 9.78 Å². The van der Waals surface area contributed by atoms with E-state index in [1.165, 1.54) is 0 Å². The van der Waals surface area contributed by atoms with Crippen LogP contribution in [0.4, 0.5) is 0 Å². The Morgan fingerprint density at radius 2 is 2.12 bits per heavy atom. The van der Waals surface area contributed by atoms with Crippen LogP contribution in [0.5, 0.6) is 5.88 Å².